The Morgan fingerprint density at radius 2 is 1.48 bits per heavy atom. The maximum absolute atomic E-state index is 13.1. The summed E-state index contributed by atoms with van der Waals surface area (Å²) in [6.07, 6.45) is 0.363. The first kappa shape index (κ1) is 15.3. The second-order valence-electron chi connectivity index (χ2n) is 6.92. The van der Waals surface area contributed by atoms with Gasteiger partial charge in [-0.25, -0.2) is 0 Å². The zero-order valence-electron chi connectivity index (χ0n) is 13.2. The summed E-state index contributed by atoms with van der Waals surface area (Å²) in [4.78, 5) is 40.2. The van der Waals surface area contributed by atoms with Crippen molar-refractivity contribution in [1.29, 1.82) is 0 Å². The van der Waals surface area contributed by atoms with E-state index < -0.39 is 17.8 Å². The molecule has 2 amide bonds. The first-order valence-corrected chi connectivity index (χ1v) is 9.40. The van der Waals surface area contributed by atoms with Crippen LogP contribution in [0.25, 0.3) is 0 Å². The van der Waals surface area contributed by atoms with E-state index in [0.29, 0.717) is 12.1 Å². The Balaban J connectivity index is 1.65. The number of fused-ring (bicyclic) bond motifs is 1. The third-order valence-electron chi connectivity index (χ3n) is 5.77. The Hall–Kier alpha value is -2.02. The van der Waals surface area contributed by atoms with E-state index in [4.69, 9.17) is 0 Å². The summed E-state index contributed by atoms with van der Waals surface area (Å²) in [5, 5.41) is 0. The average Bonchev–Trinajstić information content (AvgIpc) is 2.88. The van der Waals surface area contributed by atoms with E-state index in [0.717, 1.165) is 14.7 Å². The predicted molar refractivity (Wildman–Crippen MR) is 100 cm³/mol. The summed E-state index contributed by atoms with van der Waals surface area (Å²) in [7, 11) is 0. The van der Waals surface area contributed by atoms with Gasteiger partial charge >= 0.3 is 0 Å². The van der Waals surface area contributed by atoms with Gasteiger partial charge in [0.1, 0.15) is 5.78 Å². The third-order valence-corrected chi connectivity index (χ3v) is 6.49. The van der Waals surface area contributed by atoms with E-state index in [-0.39, 0.29) is 23.5 Å². The zero-order chi connectivity index (χ0) is 17.3. The largest absolute Gasteiger partial charge is 0.299 e. The normalized spacial score (nSPS) is 29.8. The topological polar surface area (TPSA) is 54.5 Å². The predicted octanol–water partition coefficient (Wildman–Crippen LogP) is 3.25. The SMILES string of the molecule is O=C1C[C@@H]2c3ccccc3[C@H]1[C@@H]1C(=O)N(c3ccc(I)cc3)C(=O)[C@@H]12. The van der Waals surface area contributed by atoms with Crippen LogP contribution in [0, 0.1) is 15.4 Å². The van der Waals surface area contributed by atoms with Crippen molar-refractivity contribution in [3.63, 3.8) is 0 Å². The Bertz CT molecular complexity index is 936. The monoisotopic (exact) mass is 443 g/mol. The second-order valence-corrected chi connectivity index (χ2v) is 8.17. The summed E-state index contributed by atoms with van der Waals surface area (Å²) in [6, 6.07) is 15.1. The molecule has 1 saturated carbocycles. The number of amides is 2. The molecule has 0 spiro atoms. The quantitative estimate of drug-likeness (QED) is 0.503. The van der Waals surface area contributed by atoms with Gasteiger partial charge in [0.15, 0.2) is 0 Å². The molecule has 5 heteroatoms. The number of carbonyl (C=O) groups excluding carboxylic acids is 3. The van der Waals surface area contributed by atoms with Gasteiger partial charge in [-0.3, -0.25) is 19.3 Å². The van der Waals surface area contributed by atoms with Crippen LogP contribution in [-0.4, -0.2) is 17.6 Å². The molecule has 6 rings (SSSR count). The fraction of sp³-hybridized carbons (Fsp3) is 0.250. The summed E-state index contributed by atoms with van der Waals surface area (Å²) < 4.78 is 1.04. The molecule has 25 heavy (non-hydrogen) atoms. The smallest absolute Gasteiger partial charge is 0.238 e. The van der Waals surface area contributed by atoms with E-state index in [1.54, 1.807) is 12.1 Å². The molecule has 124 valence electrons. The van der Waals surface area contributed by atoms with Gasteiger partial charge in [-0.2, -0.15) is 0 Å². The second kappa shape index (κ2) is 5.24. The lowest BCUT2D eigenvalue weighted by molar-refractivity contribution is -0.134. The number of anilines is 1. The number of halogens is 1. The summed E-state index contributed by atoms with van der Waals surface area (Å²) >= 11 is 2.19. The minimum Gasteiger partial charge on any atom is -0.299 e. The molecule has 0 radical (unpaired) electrons. The van der Waals surface area contributed by atoms with Gasteiger partial charge in [-0.05, 0) is 58.0 Å². The highest BCUT2D eigenvalue weighted by Gasteiger charge is 2.62. The van der Waals surface area contributed by atoms with Crippen LogP contribution >= 0.6 is 22.6 Å². The average molecular weight is 443 g/mol. The van der Waals surface area contributed by atoms with Gasteiger partial charge in [0, 0.05) is 15.9 Å². The molecule has 1 heterocycles. The Labute approximate surface area is 158 Å². The molecule has 0 unspecified atom stereocenters. The van der Waals surface area contributed by atoms with Crippen LogP contribution in [0.1, 0.15) is 29.4 Å². The number of nitrogens with zero attached hydrogens (tertiary/aromatic N) is 1. The third kappa shape index (κ3) is 1.96. The van der Waals surface area contributed by atoms with Crippen molar-refractivity contribution < 1.29 is 14.4 Å². The van der Waals surface area contributed by atoms with Crippen molar-refractivity contribution in [2.45, 2.75) is 18.3 Å². The van der Waals surface area contributed by atoms with E-state index >= 15 is 0 Å². The highest BCUT2D eigenvalue weighted by molar-refractivity contribution is 14.1. The van der Waals surface area contributed by atoms with Crippen LogP contribution in [-0.2, 0) is 14.4 Å². The minimum absolute atomic E-state index is 0.0931. The first-order chi connectivity index (χ1) is 12.1. The van der Waals surface area contributed by atoms with Crippen molar-refractivity contribution in [3.05, 3.63) is 63.2 Å². The number of carbonyl (C=O) groups is 3. The highest BCUT2D eigenvalue weighted by atomic mass is 127. The summed E-state index contributed by atoms with van der Waals surface area (Å²) in [6.45, 7) is 0. The summed E-state index contributed by atoms with van der Waals surface area (Å²) in [5.74, 6) is -1.91. The fourth-order valence-corrected chi connectivity index (χ4v) is 5.16. The van der Waals surface area contributed by atoms with Gasteiger partial charge in [-0.15, -0.1) is 0 Å². The van der Waals surface area contributed by atoms with E-state index in [1.165, 1.54) is 4.90 Å². The van der Waals surface area contributed by atoms with Crippen LogP contribution in [0.2, 0.25) is 0 Å². The molecule has 0 N–H and O–H groups in total. The molecule has 4 nitrogen and oxygen atoms in total. The van der Waals surface area contributed by atoms with Gasteiger partial charge in [0.2, 0.25) is 11.8 Å². The molecular weight excluding hydrogens is 429 g/mol. The Kier molecular flexibility index (Phi) is 3.20. The molecule has 2 bridgehead atoms. The number of imide groups is 1. The number of benzene rings is 2. The maximum atomic E-state index is 13.1. The number of Topliss-reactive ketones (excluding diaryl/α,β-unsaturated/α-hetero) is 1. The molecule has 4 aliphatic rings. The number of rotatable bonds is 1. The van der Waals surface area contributed by atoms with Crippen molar-refractivity contribution in [1.82, 2.24) is 0 Å². The zero-order valence-corrected chi connectivity index (χ0v) is 15.3. The lowest BCUT2D eigenvalue weighted by atomic mass is 9.56. The first-order valence-electron chi connectivity index (χ1n) is 8.33. The van der Waals surface area contributed by atoms with Gasteiger partial charge in [-0.1, -0.05) is 24.3 Å². The molecule has 1 saturated heterocycles. The highest BCUT2D eigenvalue weighted by Crippen LogP contribution is 2.57. The number of hydrogen-bond acceptors (Lipinski definition) is 3. The molecule has 2 fully saturated rings. The van der Waals surface area contributed by atoms with Crippen molar-refractivity contribution in [2.75, 3.05) is 4.90 Å². The fourth-order valence-electron chi connectivity index (χ4n) is 4.80. The number of ketones is 1. The van der Waals surface area contributed by atoms with Crippen LogP contribution in [0.3, 0.4) is 0 Å². The van der Waals surface area contributed by atoms with E-state index in [2.05, 4.69) is 22.6 Å². The van der Waals surface area contributed by atoms with Crippen LogP contribution < -0.4 is 4.90 Å². The molecule has 0 aromatic heterocycles. The molecule has 1 aliphatic heterocycles. The molecule has 2 aromatic carbocycles. The van der Waals surface area contributed by atoms with Crippen LogP contribution in [0.5, 0.6) is 0 Å². The Morgan fingerprint density at radius 3 is 2.20 bits per heavy atom. The van der Waals surface area contributed by atoms with Gasteiger partial charge in [0.25, 0.3) is 0 Å². The standard InChI is InChI=1S/C20H14INO3/c21-10-5-7-11(8-6-10)22-19(24)17-14-9-15(23)16(18(17)20(22)25)13-4-2-1-3-12(13)14/h1-8,14,16-18H,9H2/t14-,16-,17-,18+/m1/s1. The molecule has 3 aliphatic carbocycles. The van der Waals surface area contributed by atoms with E-state index in [9.17, 15) is 14.4 Å². The van der Waals surface area contributed by atoms with Crippen LogP contribution in [0.4, 0.5) is 5.69 Å². The maximum Gasteiger partial charge on any atom is 0.238 e. The van der Waals surface area contributed by atoms with Crippen molar-refractivity contribution in [2.24, 2.45) is 11.8 Å². The lowest BCUT2D eigenvalue weighted by Crippen LogP contribution is -2.44. The van der Waals surface area contributed by atoms with Gasteiger partial charge < -0.3 is 0 Å². The Morgan fingerprint density at radius 1 is 0.840 bits per heavy atom. The molecule has 2 aromatic rings. The van der Waals surface area contributed by atoms with Crippen molar-refractivity contribution >= 4 is 45.9 Å². The number of hydrogen-bond donors (Lipinski definition) is 0. The van der Waals surface area contributed by atoms with Crippen molar-refractivity contribution in [3.8, 4) is 0 Å². The molecular formula is C20H14INO3. The minimum atomic E-state index is -0.548. The molecule has 4 atom stereocenters. The lowest BCUT2D eigenvalue weighted by Gasteiger charge is -2.43. The van der Waals surface area contributed by atoms with E-state index in [1.807, 2.05) is 36.4 Å². The summed E-state index contributed by atoms with van der Waals surface area (Å²) in [5.41, 5.74) is 2.61. The van der Waals surface area contributed by atoms with Crippen LogP contribution in [0.15, 0.2) is 48.5 Å². The van der Waals surface area contributed by atoms with Gasteiger partial charge in [0.05, 0.1) is 23.4 Å².